The maximum atomic E-state index is 12.6. The molecule has 2 aromatic heterocycles. The van der Waals surface area contributed by atoms with E-state index in [1.54, 1.807) is 23.3 Å². The predicted octanol–water partition coefficient (Wildman–Crippen LogP) is 2.12. The number of carbonyl (C=O) groups is 2. The lowest BCUT2D eigenvalue weighted by atomic mass is 9.97. The van der Waals surface area contributed by atoms with Gasteiger partial charge in [-0.15, -0.1) is 11.3 Å². The van der Waals surface area contributed by atoms with Crippen molar-refractivity contribution in [2.75, 3.05) is 26.7 Å². The monoisotopic (exact) mass is 404 g/mol. The van der Waals surface area contributed by atoms with E-state index in [0.717, 1.165) is 41.5 Å². The van der Waals surface area contributed by atoms with E-state index in [0.29, 0.717) is 25.3 Å². The van der Waals surface area contributed by atoms with Crippen LogP contribution in [0.4, 0.5) is 0 Å². The molecule has 7 nitrogen and oxygen atoms in total. The Kier molecular flexibility index (Phi) is 6.49. The Bertz CT molecular complexity index is 929. The van der Waals surface area contributed by atoms with Gasteiger partial charge < -0.3 is 14.8 Å². The molecule has 28 heavy (non-hydrogen) atoms. The molecule has 8 heteroatoms. The minimum atomic E-state index is -0.131. The highest BCUT2D eigenvalue weighted by Crippen LogP contribution is 2.33. The van der Waals surface area contributed by atoms with Crippen LogP contribution in [0.2, 0.25) is 0 Å². The standard InChI is InChI=1S/C20H28N4O3S/c1-4-24(5-2)17(26)12-23(3)16(25)11-10-15-21-19(27)18-13-8-6-7-9-14(13)28-20(18)22-15/h4-12H2,1-3H3,(H,21,22,27). The number of aromatic nitrogens is 2. The van der Waals surface area contributed by atoms with Crippen molar-refractivity contribution in [2.24, 2.45) is 0 Å². The first kappa shape index (κ1) is 20.5. The van der Waals surface area contributed by atoms with Crippen molar-refractivity contribution in [1.82, 2.24) is 19.8 Å². The molecular formula is C20H28N4O3S. The second-order valence-electron chi connectivity index (χ2n) is 7.22. The molecule has 0 saturated heterocycles. The van der Waals surface area contributed by atoms with Gasteiger partial charge >= 0.3 is 0 Å². The summed E-state index contributed by atoms with van der Waals surface area (Å²) in [5.41, 5.74) is 1.06. The van der Waals surface area contributed by atoms with Crippen molar-refractivity contribution in [2.45, 2.75) is 52.4 Å². The van der Waals surface area contributed by atoms with Gasteiger partial charge in [0.15, 0.2) is 0 Å². The van der Waals surface area contributed by atoms with E-state index in [1.165, 1.54) is 9.78 Å². The Hall–Kier alpha value is -2.22. The number of aryl methyl sites for hydroxylation is 3. The van der Waals surface area contributed by atoms with Crippen LogP contribution in [0.1, 0.15) is 49.4 Å². The zero-order chi connectivity index (χ0) is 20.3. The average Bonchev–Trinajstić information content (AvgIpc) is 3.05. The number of nitrogens with zero attached hydrogens (tertiary/aromatic N) is 3. The van der Waals surface area contributed by atoms with Crippen LogP contribution in [0.15, 0.2) is 4.79 Å². The number of hydrogen-bond acceptors (Lipinski definition) is 5. The molecule has 2 heterocycles. The number of rotatable bonds is 7. The molecule has 0 bridgehead atoms. The first-order valence-corrected chi connectivity index (χ1v) is 10.8. The number of nitrogens with one attached hydrogen (secondary N) is 1. The summed E-state index contributed by atoms with van der Waals surface area (Å²) in [7, 11) is 1.64. The van der Waals surface area contributed by atoms with E-state index in [2.05, 4.69) is 9.97 Å². The van der Waals surface area contributed by atoms with Gasteiger partial charge in [0, 0.05) is 37.9 Å². The fraction of sp³-hybridized carbons (Fsp3) is 0.600. The quantitative estimate of drug-likeness (QED) is 0.766. The maximum absolute atomic E-state index is 12.6. The molecular weight excluding hydrogens is 376 g/mol. The van der Waals surface area contributed by atoms with Crippen molar-refractivity contribution >= 4 is 33.4 Å². The minimum Gasteiger partial charge on any atom is -0.342 e. The molecule has 0 aliphatic heterocycles. The third-order valence-electron chi connectivity index (χ3n) is 5.36. The molecule has 3 rings (SSSR count). The van der Waals surface area contributed by atoms with Crippen LogP contribution in [0, 0.1) is 0 Å². The van der Waals surface area contributed by atoms with E-state index < -0.39 is 0 Å². The summed E-state index contributed by atoms with van der Waals surface area (Å²) < 4.78 is 0. The summed E-state index contributed by atoms with van der Waals surface area (Å²) in [6.07, 6.45) is 4.82. The van der Waals surface area contributed by atoms with Gasteiger partial charge in [0.2, 0.25) is 11.8 Å². The molecule has 2 aromatic rings. The molecule has 0 fully saturated rings. The normalized spacial score (nSPS) is 13.4. The average molecular weight is 405 g/mol. The summed E-state index contributed by atoms with van der Waals surface area (Å²) in [5.74, 6) is 0.347. The first-order chi connectivity index (χ1) is 13.4. The fourth-order valence-electron chi connectivity index (χ4n) is 3.71. The summed E-state index contributed by atoms with van der Waals surface area (Å²) in [5, 5.41) is 0.733. The van der Waals surface area contributed by atoms with Crippen LogP contribution in [0.25, 0.3) is 10.2 Å². The summed E-state index contributed by atoms with van der Waals surface area (Å²) in [4.78, 5) is 49.8. The van der Waals surface area contributed by atoms with Gasteiger partial charge in [-0.2, -0.15) is 0 Å². The number of H-pyrrole nitrogens is 1. The smallest absolute Gasteiger partial charge is 0.259 e. The van der Waals surface area contributed by atoms with E-state index in [9.17, 15) is 14.4 Å². The Morgan fingerprint density at radius 1 is 1.14 bits per heavy atom. The number of fused-ring (bicyclic) bond motifs is 3. The van der Waals surface area contributed by atoms with Crippen LogP contribution >= 0.6 is 11.3 Å². The molecule has 0 spiro atoms. The second-order valence-corrected chi connectivity index (χ2v) is 8.30. The third kappa shape index (κ3) is 4.27. The van der Waals surface area contributed by atoms with Crippen molar-refractivity contribution in [3.05, 3.63) is 26.6 Å². The number of carbonyl (C=O) groups excluding carboxylic acids is 2. The molecule has 1 N–H and O–H groups in total. The number of likely N-dealkylation sites (N-methyl/N-ethyl adjacent to an activating group) is 2. The van der Waals surface area contributed by atoms with E-state index in [1.807, 2.05) is 13.8 Å². The van der Waals surface area contributed by atoms with E-state index in [-0.39, 0.29) is 30.3 Å². The van der Waals surface area contributed by atoms with E-state index >= 15 is 0 Å². The first-order valence-electron chi connectivity index (χ1n) is 9.99. The molecule has 152 valence electrons. The molecule has 0 aromatic carbocycles. The highest BCUT2D eigenvalue weighted by atomic mass is 32.1. The fourth-order valence-corrected chi connectivity index (χ4v) is 4.99. The molecule has 0 unspecified atom stereocenters. The van der Waals surface area contributed by atoms with Crippen molar-refractivity contribution in [3.8, 4) is 0 Å². The van der Waals surface area contributed by atoms with Gasteiger partial charge in [-0.1, -0.05) is 0 Å². The molecule has 2 amide bonds. The van der Waals surface area contributed by atoms with Gasteiger partial charge in [0.1, 0.15) is 10.7 Å². The lowest BCUT2D eigenvalue weighted by Crippen LogP contribution is -2.41. The van der Waals surface area contributed by atoms with Crippen LogP contribution < -0.4 is 5.56 Å². The maximum Gasteiger partial charge on any atom is 0.259 e. The van der Waals surface area contributed by atoms with Crippen LogP contribution in [-0.2, 0) is 28.9 Å². The largest absolute Gasteiger partial charge is 0.342 e. The van der Waals surface area contributed by atoms with Gasteiger partial charge in [0.25, 0.3) is 5.56 Å². The number of thiophene rings is 1. The lowest BCUT2D eigenvalue weighted by molar-refractivity contribution is -0.139. The van der Waals surface area contributed by atoms with Gasteiger partial charge in [-0.3, -0.25) is 14.4 Å². The topological polar surface area (TPSA) is 86.4 Å². The highest BCUT2D eigenvalue weighted by molar-refractivity contribution is 7.18. The zero-order valence-corrected chi connectivity index (χ0v) is 17.7. The lowest BCUT2D eigenvalue weighted by Gasteiger charge is -2.23. The van der Waals surface area contributed by atoms with Gasteiger partial charge in [0.05, 0.1) is 11.9 Å². The Labute approximate surface area is 168 Å². The minimum absolute atomic E-state index is 0.0574. The van der Waals surface area contributed by atoms with Gasteiger partial charge in [-0.05, 0) is 45.1 Å². The number of hydrogen-bond donors (Lipinski definition) is 1. The predicted molar refractivity (Wildman–Crippen MR) is 111 cm³/mol. The molecule has 0 saturated carbocycles. The molecule has 0 atom stereocenters. The number of amides is 2. The highest BCUT2D eigenvalue weighted by Gasteiger charge is 2.21. The van der Waals surface area contributed by atoms with Crippen molar-refractivity contribution < 1.29 is 9.59 Å². The van der Waals surface area contributed by atoms with Crippen molar-refractivity contribution in [3.63, 3.8) is 0 Å². The Balaban J connectivity index is 1.65. The Morgan fingerprint density at radius 2 is 1.86 bits per heavy atom. The summed E-state index contributed by atoms with van der Waals surface area (Å²) in [6, 6.07) is 0. The molecule has 1 aliphatic carbocycles. The van der Waals surface area contributed by atoms with Crippen molar-refractivity contribution in [1.29, 1.82) is 0 Å². The van der Waals surface area contributed by atoms with Crippen LogP contribution in [-0.4, -0.2) is 58.3 Å². The zero-order valence-electron chi connectivity index (χ0n) is 16.8. The Morgan fingerprint density at radius 3 is 2.57 bits per heavy atom. The molecule has 1 aliphatic rings. The summed E-state index contributed by atoms with van der Waals surface area (Å²) >= 11 is 1.61. The molecule has 0 radical (unpaired) electrons. The second kappa shape index (κ2) is 8.86. The SMILES string of the molecule is CCN(CC)C(=O)CN(C)C(=O)CCc1nc2sc3c(c2c(=O)[nH]1)CCCC3. The van der Waals surface area contributed by atoms with Gasteiger partial charge in [-0.25, -0.2) is 4.98 Å². The van der Waals surface area contributed by atoms with Crippen LogP contribution in [0.3, 0.4) is 0 Å². The van der Waals surface area contributed by atoms with Crippen LogP contribution in [0.5, 0.6) is 0 Å². The summed E-state index contributed by atoms with van der Waals surface area (Å²) in [6.45, 7) is 5.18. The third-order valence-corrected chi connectivity index (χ3v) is 6.55. The number of aromatic amines is 1. The van der Waals surface area contributed by atoms with E-state index in [4.69, 9.17) is 0 Å².